The molecule has 1 heterocycles. The molecule has 1 aromatic carbocycles. The predicted molar refractivity (Wildman–Crippen MR) is 98.1 cm³/mol. The summed E-state index contributed by atoms with van der Waals surface area (Å²) < 4.78 is 6.18. The summed E-state index contributed by atoms with van der Waals surface area (Å²) in [6.07, 6.45) is 0. The molecule has 1 N–H and O–H groups in total. The van der Waals surface area contributed by atoms with Gasteiger partial charge in [-0.2, -0.15) is 11.8 Å². The lowest BCUT2D eigenvalue weighted by Crippen LogP contribution is -2.30. The van der Waals surface area contributed by atoms with Crippen molar-refractivity contribution >= 4 is 56.5 Å². The number of rotatable bonds is 8. The monoisotopic (exact) mass is 419 g/mol. The third-order valence-corrected chi connectivity index (χ3v) is 5.57. The standard InChI is InChI=1S/C15H15BrClNO2S2/c16-13-8-11(17)3-4-14(13)20-9-15(19)18-5-7-21-10-12-2-1-6-22-12/h1-4,6,8H,5,7,9-10H2,(H,18,19). The van der Waals surface area contributed by atoms with Crippen LogP contribution < -0.4 is 10.1 Å². The highest BCUT2D eigenvalue weighted by atomic mass is 79.9. The highest BCUT2D eigenvalue weighted by Crippen LogP contribution is 2.27. The molecule has 0 aliphatic carbocycles. The summed E-state index contributed by atoms with van der Waals surface area (Å²) in [7, 11) is 0. The van der Waals surface area contributed by atoms with Crippen LogP contribution in [-0.2, 0) is 10.5 Å². The van der Waals surface area contributed by atoms with Gasteiger partial charge in [0.2, 0.25) is 0 Å². The lowest BCUT2D eigenvalue weighted by Gasteiger charge is -2.09. The molecule has 22 heavy (non-hydrogen) atoms. The van der Waals surface area contributed by atoms with Crippen molar-refractivity contribution in [3.8, 4) is 5.75 Å². The fourth-order valence-corrected chi connectivity index (χ4v) is 4.11. The van der Waals surface area contributed by atoms with Crippen LogP contribution in [0.15, 0.2) is 40.2 Å². The van der Waals surface area contributed by atoms with E-state index in [4.69, 9.17) is 16.3 Å². The molecule has 1 aromatic heterocycles. The van der Waals surface area contributed by atoms with E-state index in [1.807, 2.05) is 0 Å². The zero-order valence-electron chi connectivity index (χ0n) is 11.7. The lowest BCUT2D eigenvalue weighted by atomic mass is 10.3. The molecule has 2 rings (SSSR count). The molecule has 0 atom stereocenters. The van der Waals surface area contributed by atoms with Gasteiger partial charge in [0.25, 0.3) is 5.91 Å². The number of hydrogen-bond acceptors (Lipinski definition) is 4. The van der Waals surface area contributed by atoms with E-state index >= 15 is 0 Å². The Hall–Kier alpha value is -0.690. The van der Waals surface area contributed by atoms with Crippen LogP contribution in [0.3, 0.4) is 0 Å². The van der Waals surface area contributed by atoms with Gasteiger partial charge in [0, 0.05) is 28.0 Å². The molecule has 3 nitrogen and oxygen atoms in total. The van der Waals surface area contributed by atoms with Gasteiger partial charge in [-0.1, -0.05) is 17.7 Å². The number of thioether (sulfide) groups is 1. The summed E-state index contributed by atoms with van der Waals surface area (Å²) in [6, 6.07) is 9.36. The minimum atomic E-state index is -0.126. The van der Waals surface area contributed by atoms with Gasteiger partial charge < -0.3 is 10.1 Å². The van der Waals surface area contributed by atoms with E-state index in [1.165, 1.54) is 4.88 Å². The van der Waals surface area contributed by atoms with Crippen molar-refractivity contribution in [3.05, 3.63) is 50.1 Å². The molecule has 0 spiro atoms. The van der Waals surface area contributed by atoms with E-state index in [1.54, 1.807) is 41.3 Å². The minimum Gasteiger partial charge on any atom is -0.483 e. The van der Waals surface area contributed by atoms with Crippen LogP contribution in [0, 0.1) is 0 Å². The zero-order chi connectivity index (χ0) is 15.8. The number of thiophene rings is 1. The molecule has 0 saturated heterocycles. The number of benzene rings is 1. The van der Waals surface area contributed by atoms with Crippen LogP contribution in [0.1, 0.15) is 4.88 Å². The molecule has 0 saturated carbocycles. The van der Waals surface area contributed by atoms with E-state index in [0.29, 0.717) is 17.3 Å². The smallest absolute Gasteiger partial charge is 0.257 e. The number of amides is 1. The Kier molecular flexibility index (Phi) is 7.59. The summed E-state index contributed by atoms with van der Waals surface area (Å²) in [5.74, 6) is 2.35. The van der Waals surface area contributed by atoms with Crippen LogP contribution in [0.2, 0.25) is 5.02 Å². The molecule has 0 bridgehead atoms. The van der Waals surface area contributed by atoms with Crippen LogP contribution in [0.25, 0.3) is 0 Å². The highest BCUT2D eigenvalue weighted by molar-refractivity contribution is 9.10. The Balaban J connectivity index is 1.59. The second kappa shape index (κ2) is 9.45. The van der Waals surface area contributed by atoms with E-state index < -0.39 is 0 Å². The Bertz CT molecular complexity index is 608. The average molecular weight is 421 g/mol. The van der Waals surface area contributed by atoms with Gasteiger partial charge in [0.15, 0.2) is 6.61 Å². The van der Waals surface area contributed by atoms with E-state index in [2.05, 4.69) is 38.8 Å². The lowest BCUT2D eigenvalue weighted by molar-refractivity contribution is -0.122. The molecule has 2 aromatic rings. The number of nitrogens with one attached hydrogen (secondary N) is 1. The minimum absolute atomic E-state index is 0.00414. The number of carbonyl (C=O) groups excluding carboxylic acids is 1. The number of carbonyl (C=O) groups is 1. The molecule has 0 aliphatic heterocycles. The Morgan fingerprint density at radius 3 is 3.00 bits per heavy atom. The van der Waals surface area contributed by atoms with Gasteiger partial charge >= 0.3 is 0 Å². The normalized spacial score (nSPS) is 10.5. The van der Waals surface area contributed by atoms with Gasteiger partial charge in [-0.25, -0.2) is 0 Å². The van der Waals surface area contributed by atoms with Crippen LogP contribution in [0.4, 0.5) is 0 Å². The molecular formula is C15H15BrClNO2S2. The summed E-state index contributed by atoms with van der Waals surface area (Å²) in [5.41, 5.74) is 0. The first-order valence-corrected chi connectivity index (χ1v) is 9.80. The van der Waals surface area contributed by atoms with Gasteiger partial charge in [0.05, 0.1) is 4.47 Å². The third-order valence-electron chi connectivity index (χ3n) is 2.65. The molecular weight excluding hydrogens is 406 g/mol. The molecule has 118 valence electrons. The van der Waals surface area contributed by atoms with Gasteiger partial charge in [-0.15, -0.1) is 11.3 Å². The maximum Gasteiger partial charge on any atom is 0.257 e. The van der Waals surface area contributed by atoms with Crippen LogP contribution in [-0.4, -0.2) is 24.8 Å². The maximum atomic E-state index is 11.7. The predicted octanol–water partition coefficient (Wildman–Crippen LogP) is 4.59. The fraction of sp³-hybridized carbons (Fsp3) is 0.267. The second-order valence-electron chi connectivity index (χ2n) is 4.35. The first-order valence-electron chi connectivity index (χ1n) is 6.60. The molecule has 0 radical (unpaired) electrons. The summed E-state index contributed by atoms with van der Waals surface area (Å²) in [6.45, 7) is 0.635. The fourth-order valence-electron chi connectivity index (χ4n) is 1.62. The second-order valence-corrected chi connectivity index (χ2v) is 7.77. The van der Waals surface area contributed by atoms with Gasteiger partial charge in [-0.05, 0) is 45.6 Å². The van der Waals surface area contributed by atoms with Crippen molar-refractivity contribution in [1.29, 1.82) is 0 Å². The van der Waals surface area contributed by atoms with Crippen molar-refractivity contribution in [2.75, 3.05) is 18.9 Å². The Morgan fingerprint density at radius 1 is 1.41 bits per heavy atom. The van der Waals surface area contributed by atoms with E-state index in [0.717, 1.165) is 16.0 Å². The number of ether oxygens (including phenoxy) is 1. The van der Waals surface area contributed by atoms with Gasteiger partial charge in [0.1, 0.15) is 5.75 Å². The molecule has 7 heteroatoms. The summed E-state index contributed by atoms with van der Waals surface area (Å²) in [4.78, 5) is 13.1. The maximum absolute atomic E-state index is 11.7. The summed E-state index contributed by atoms with van der Waals surface area (Å²) >= 11 is 12.8. The van der Waals surface area contributed by atoms with E-state index in [9.17, 15) is 4.79 Å². The van der Waals surface area contributed by atoms with Crippen LogP contribution in [0.5, 0.6) is 5.75 Å². The van der Waals surface area contributed by atoms with Crippen LogP contribution >= 0.6 is 50.6 Å². The molecule has 1 amide bonds. The quantitative estimate of drug-likeness (QED) is 0.635. The Labute approximate surface area is 151 Å². The average Bonchev–Trinajstić information content (AvgIpc) is 2.99. The first kappa shape index (κ1) is 17.7. The van der Waals surface area contributed by atoms with Crippen molar-refractivity contribution in [2.45, 2.75) is 5.75 Å². The van der Waals surface area contributed by atoms with Crippen molar-refractivity contribution < 1.29 is 9.53 Å². The van der Waals surface area contributed by atoms with Gasteiger partial charge in [-0.3, -0.25) is 4.79 Å². The van der Waals surface area contributed by atoms with Crippen molar-refractivity contribution in [2.24, 2.45) is 0 Å². The topological polar surface area (TPSA) is 38.3 Å². The summed E-state index contributed by atoms with van der Waals surface area (Å²) in [5, 5.41) is 5.53. The SMILES string of the molecule is O=C(COc1ccc(Cl)cc1Br)NCCSCc1cccs1. The number of hydrogen-bond donors (Lipinski definition) is 1. The van der Waals surface area contributed by atoms with E-state index in [-0.39, 0.29) is 12.5 Å². The zero-order valence-corrected chi connectivity index (χ0v) is 15.7. The van der Waals surface area contributed by atoms with Crippen molar-refractivity contribution in [1.82, 2.24) is 5.32 Å². The molecule has 0 fully saturated rings. The Morgan fingerprint density at radius 2 is 2.27 bits per heavy atom. The highest BCUT2D eigenvalue weighted by Gasteiger charge is 2.06. The largest absolute Gasteiger partial charge is 0.483 e. The molecule has 0 unspecified atom stereocenters. The first-order chi connectivity index (χ1) is 10.6. The number of halogens is 2. The molecule has 0 aliphatic rings. The van der Waals surface area contributed by atoms with Crippen molar-refractivity contribution in [3.63, 3.8) is 0 Å². The third kappa shape index (κ3) is 6.20.